The minimum atomic E-state index is -0.521. The molecule has 0 aromatic carbocycles. The fourth-order valence-electron chi connectivity index (χ4n) is 3.26. The second kappa shape index (κ2) is 6.61. The molecule has 0 radical (unpaired) electrons. The third kappa shape index (κ3) is 4.03. The smallest absolute Gasteiger partial charge is 0.278 e. The fourth-order valence-corrected chi connectivity index (χ4v) is 3.26. The lowest BCUT2D eigenvalue weighted by atomic mass is 9.90. The summed E-state index contributed by atoms with van der Waals surface area (Å²) >= 11 is 0. The summed E-state index contributed by atoms with van der Waals surface area (Å²) in [5.41, 5.74) is 1.03. The minimum absolute atomic E-state index is 0.0561. The zero-order valence-corrected chi connectivity index (χ0v) is 15.4. The monoisotopic (exact) mass is 358 g/mol. The molecule has 0 bridgehead atoms. The predicted molar refractivity (Wildman–Crippen MR) is 94.9 cm³/mol. The van der Waals surface area contributed by atoms with Crippen LogP contribution in [0.15, 0.2) is 6.20 Å². The van der Waals surface area contributed by atoms with E-state index in [4.69, 9.17) is 4.74 Å². The summed E-state index contributed by atoms with van der Waals surface area (Å²) < 4.78 is 5.83. The van der Waals surface area contributed by atoms with Crippen LogP contribution >= 0.6 is 0 Å². The third-order valence-electron chi connectivity index (χ3n) is 5.25. The number of ether oxygens (including phenoxy) is 1. The van der Waals surface area contributed by atoms with Crippen LogP contribution in [-0.4, -0.2) is 41.0 Å². The van der Waals surface area contributed by atoms with E-state index in [9.17, 15) is 9.59 Å². The number of rotatable bonds is 6. The van der Waals surface area contributed by atoms with Crippen LogP contribution in [0.2, 0.25) is 0 Å². The number of hydrogen-bond acceptors (Lipinski definition) is 6. The van der Waals surface area contributed by atoms with E-state index < -0.39 is 5.91 Å². The van der Waals surface area contributed by atoms with Gasteiger partial charge in [-0.05, 0) is 43.4 Å². The van der Waals surface area contributed by atoms with Crippen LogP contribution in [0.5, 0.6) is 5.88 Å². The summed E-state index contributed by atoms with van der Waals surface area (Å²) in [4.78, 5) is 33.6. The summed E-state index contributed by atoms with van der Waals surface area (Å²) in [7, 11) is 0. The van der Waals surface area contributed by atoms with E-state index in [1.807, 2.05) is 0 Å². The normalized spacial score (nSPS) is 24.3. The average Bonchev–Trinajstić information content (AvgIpc) is 3.51. The number of aromatic nitrogens is 2. The first-order chi connectivity index (χ1) is 12.4. The van der Waals surface area contributed by atoms with Crippen molar-refractivity contribution in [2.45, 2.75) is 57.9 Å². The maximum absolute atomic E-state index is 12.5. The van der Waals surface area contributed by atoms with Gasteiger partial charge in [0.05, 0.1) is 18.8 Å². The molecule has 4 rings (SSSR count). The summed E-state index contributed by atoms with van der Waals surface area (Å²) in [5.74, 6) is 0.612. The quantitative estimate of drug-likeness (QED) is 0.753. The van der Waals surface area contributed by atoms with Crippen LogP contribution in [0, 0.1) is 11.3 Å². The van der Waals surface area contributed by atoms with E-state index in [0.717, 1.165) is 25.1 Å². The lowest BCUT2D eigenvalue weighted by molar-refractivity contribution is -0.121. The van der Waals surface area contributed by atoms with Crippen molar-refractivity contribution in [1.82, 2.24) is 20.6 Å². The van der Waals surface area contributed by atoms with E-state index in [2.05, 4.69) is 34.4 Å². The maximum atomic E-state index is 12.5. The Kier molecular flexibility index (Phi) is 4.42. The number of hydrogen-bond donors (Lipinski definition) is 2. The molecule has 2 amide bonds. The van der Waals surface area contributed by atoms with E-state index in [0.29, 0.717) is 30.7 Å². The molecular formula is C19H26N4O3. The van der Waals surface area contributed by atoms with Crippen molar-refractivity contribution in [3.05, 3.63) is 17.6 Å². The largest absolute Gasteiger partial charge is 0.476 e. The fraction of sp³-hybridized carbons (Fsp3) is 0.684. The third-order valence-corrected chi connectivity index (χ3v) is 5.25. The van der Waals surface area contributed by atoms with Gasteiger partial charge in [0.15, 0.2) is 5.69 Å². The van der Waals surface area contributed by atoms with Gasteiger partial charge in [0.2, 0.25) is 11.8 Å². The van der Waals surface area contributed by atoms with Crippen molar-refractivity contribution in [2.24, 2.45) is 11.3 Å². The molecule has 2 saturated carbocycles. The summed E-state index contributed by atoms with van der Waals surface area (Å²) in [6, 6.07) is -0.349. The molecule has 1 unspecified atom stereocenters. The highest BCUT2D eigenvalue weighted by Crippen LogP contribution is 2.42. The van der Waals surface area contributed by atoms with Gasteiger partial charge >= 0.3 is 0 Å². The Hall–Kier alpha value is -2.02. The molecule has 26 heavy (non-hydrogen) atoms. The topological polar surface area (TPSA) is 93.2 Å². The minimum Gasteiger partial charge on any atom is -0.476 e. The highest BCUT2D eigenvalue weighted by atomic mass is 16.5. The van der Waals surface area contributed by atoms with Gasteiger partial charge in [0, 0.05) is 12.5 Å². The number of nitrogens with one attached hydrogen (secondary N) is 2. The molecule has 0 spiro atoms. The molecule has 2 N–H and O–H groups in total. The van der Waals surface area contributed by atoms with Crippen LogP contribution in [0.4, 0.5) is 0 Å². The van der Waals surface area contributed by atoms with Gasteiger partial charge in [0.25, 0.3) is 5.91 Å². The highest BCUT2D eigenvalue weighted by molar-refractivity contribution is 6.05. The second-order valence-corrected chi connectivity index (χ2v) is 8.59. The molecule has 7 heteroatoms. The van der Waals surface area contributed by atoms with Crippen LogP contribution in [0.1, 0.15) is 68.1 Å². The van der Waals surface area contributed by atoms with E-state index in [1.165, 1.54) is 19.0 Å². The Bertz CT molecular complexity index is 725. The number of nitrogens with zero attached hydrogens (tertiary/aromatic N) is 2. The number of carbonyl (C=O) groups is 2. The standard InChI is InChI=1S/C19H26N4O3/c1-19(2)7-13(21-10-19)16(24)23-17(25)14-8-20-15(12-5-6-12)18(22-14)26-9-11-3-4-11/h8,11-13,21H,3-7,9-10H2,1-2H3,(H,23,24,25). The molecule has 1 aromatic heterocycles. The molecule has 7 nitrogen and oxygen atoms in total. The van der Waals surface area contributed by atoms with E-state index in [1.54, 1.807) is 0 Å². The molecule has 1 saturated heterocycles. The zero-order valence-electron chi connectivity index (χ0n) is 15.4. The van der Waals surface area contributed by atoms with Crippen molar-refractivity contribution in [2.75, 3.05) is 13.2 Å². The summed E-state index contributed by atoms with van der Waals surface area (Å²) in [5, 5.41) is 5.61. The predicted octanol–water partition coefficient (Wildman–Crippen LogP) is 1.79. The van der Waals surface area contributed by atoms with Crippen molar-refractivity contribution in [3.8, 4) is 5.88 Å². The first-order valence-corrected chi connectivity index (χ1v) is 9.49. The van der Waals surface area contributed by atoms with Gasteiger partial charge in [-0.1, -0.05) is 13.8 Å². The molecule has 1 aromatic rings. The van der Waals surface area contributed by atoms with Crippen molar-refractivity contribution < 1.29 is 14.3 Å². The van der Waals surface area contributed by atoms with E-state index >= 15 is 0 Å². The molecule has 1 aliphatic heterocycles. The SMILES string of the molecule is CC1(C)CNC(C(=O)NC(=O)c2cnc(C3CC3)c(OCC3CC3)n2)C1. The van der Waals surface area contributed by atoms with Crippen molar-refractivity contribution >= 4 is 11.8 Å². The Morgan fingerprint density at radius 2 is 2.08 bits per heavy atom. The molecule has 140 valence electrons. The Morgan fingerprint density at radius 1 is 1.31 bits per heavy atom. The van der Waals surface area contributed by atoms with Crippen LogP contribution in [-0.2, 0) is 4.79 Å². The Morgan fingerprint density at radius 3 is 2.69 bits per heavy atom. The number of imide groups is 1. The lowest BCUT2D eigenvalue weighted by Crippen LogP contribution is -2.43. The average molecular weight is 358 g/mol. The van der Waals surface area contributed by atoms with Gasteiger partial charge in [-0.2, -0.15) is 0 Å². The summed E-state index contributed by atoms with van der Waals surface area (Å²) in [6.45, 7) is 5.58. The molecule has 3 fully saturated rings. The molecule has 1 atom stereocenters. The van der Waals surface area contributed by atoms with Crippen LogP contribution in [0.3, 0.4) is 0 Å². The second-order valence-electron chi connectivity index (χ2n) is 8.59. The number of carbonyl (C=O) groups excluding carboxylic acids is 2. The molecule has 2 heterocycles. The van der Waals surface area contributed by atoms with Gasteiger partial charge in [0.1, 0.15) is 5.69 Å². The van der Waals surface area contributed by atoms with Crippen LogP contribution in [0.25, 0.3) is 0 Å². The molecule has 2 aliphatic carbocycles. The van der Waals surface area contributed by atoms with Gasteiger partial charge < -0.3 is 10.1 Å². The van der Waals surface area contributed by atoms with Crippen LogP contribution < -0.4 is 15.4 Å². The van der Waals surface area contributed by atoms with Gasteiger partial charge in [-0.3, -0.25) is 19.9 Å². The number of amides is 2. The van der Waals surface area contributed by atoms with Crippen molar-refractivity contribution in [1.29, 1.82) is 0 Å². The lowest BCUT2D eigenvalue weighted by Gasteiger charge is -2.15. The van der Waals surface area contributed by atoms with Gasteiger partial charge in [-0.15, -0.1) is 0 Å². The summed E-state index contributed by atoms with van der Waals surface area (Å²) in [6.07, 6.45) is 6.70. The van der Waals surface area contributed by atoms with E-state index in [-0.39, 0.29) is 23.1 Å². The highest BCUT2D eigenvalue weighted by Gasteiger charge is 2.36. The first-order valence-electron chi connectivity index (χ1n) is 9.49. The maximum Gasteiger partial charge on any atom is 0.278 e. The first kappa shape index (κ1) is 17.4. The van der Waals surface area contributed by atoms with Crippen molar-refractivity contribution in [3.63, 3.8) is 0 Å². The molecule has 3 aliphatic rings. The zero-order chi connectivity index (χ0) is 18.3. The Labute approximate surface area is 153 Å². The molecular weight excluding hydrogens is 332 g/mol. The Balaban J connectivity index is 1.43. The van der Waals surface area contributed by atoms with Gasteiger partial charge in [-0.25, -0.2) is 4.98 Å².